The van der Waals surface area contributed by atoms with Crippen LogP contribution in [0.5, 0.6) is 0 Å². The number of nitrogens with zero attached hydrogens (tertiary/aromatic N) is 1. The molecule has 7 nitrogen and oxygen atoms in total. The average Bonchev–Trinajstić information content (AvgIpc) is 2.82. The predicted molar refractivity (Wildman–Crippen MR) is 77.8 cm³/mol. The van der Waals surface area contributed by atoms with Gasteiger partial charge in [-0.3, -0.25) is 4.79 Å². The van der Waals surface area contributed by atoms with Gasteiger partial charge in [0.1, 0.15) is 6.04 Å². The molecule has 0 aliphatic rings. The molecular weight excluding hydrogens is 340 g/mol. The van der Waals surface area contributed by atoms with Crippen LogP contribution in [0.3, 0.4) is 0 Å². The number of carbonyl (C=O) groups excluding carboxylic acids is 1. The number of aromatic nitrogens is 1. The topological polar surface area (TPSA) is 106 Å². The first kappa shape index (κ1) is 16.1. The smallest absolute Gasteiger partial charge is 0.326 e. The Hall–Kier alpha value is -1.26. The highest BCUT2D eigenvalue weighted by atomic mass is 35.5. The Morgan fingerprint density at radius 1 is 1.57 bits per heavy atom. The number of sulfonamides is 1. The number of hydrogen-bond acceptors (Lipinski definition) is 7. The van der Waals surface area contributed by atoms with E-state index in [-0.39, 0.29) is 4.90 Å². The third-order valence-electron chi connectivity index (χ3n) is 2.61. The summed E-state index contributed by atoms with van der Waals surface area (Å²) in [6, 6.07) is 2.89. The summed E-state index contributed by atoms with van der Waals surface area (Å²) in [5, 5.41) is 9.06. The third-order valence-corrected chi connectivity index (χ3v) is 5.20. The number of aliphatic hydroxyl groups excluding tert-OH is 1. The van der Waals surface area contributed by atoms with Crippen molar-refractivity contribution in [3.8, 4) is 0 Å². The van der Waals surface area contributed by atoms with Crippen LogP contribution in [-0.4, -0.2) is 44.2 Å². The van der Waals surface area contributed by atoms with Crippen LogP contribution < -0.4 is 4.72 Å². The van der Waals surface area contributed by atoms with Crippen LogP contribution in [0.25, 0.3) is 10.2 Å². The number of thiazole rings is 1. The minimum atomic E-state index is -3.98. The van der Waals surface area contributed by atoms with Crippen molar-refractivity contribution in [3.63, 3.8) is 0 Å². The van der Waals surface area contributed by atoms with Gasteiger partial charge in [-0.15, -0.1) is 11.3 Å². The second kappa shape index (κ2) is 6.24. The van der Waals surface area contributed by atoms with Crippen LogP contribution in [-0.2, 0) is 19.6 Å². The quantitative estimate of drug-likeness (QED) is 0.771. The minimum Gasteiger partial charge on any atom is -0.468 e. The molecule has 1 heterocycles. The molecule has 1 aromatic heterocycles. The van der Waals surface area contributed by atoms with Gasteiger partial charge in [-0.2, -0.15) is 4.72 Å². The molecule has 2 rings (SSSR count). The lowest BCUT2D eigenvalue weighted by Crippen LogP contribution is -2.43. The number of fused-ring (bicyclic) bond motifs is 1. The molecule has 0 aliphatic heterocycles. The highest BCUT2D eigenvalue weighted by Crippen LogP contribution is 2.27. The Morgan fingerprint density at radius 3 is 2.90 bits per heavy atom. The van der Waals surface area contributed by atoms with Gasteiger partial charge in [0, 0.05) is 0 Å². The van der Waals surface area contributed by atoms with E-state index in [0.717, 1.165) is 18.4 Å². The number of benzene rings is 1. The first-order chi connectivity index (χ1) is 9.87. The van der Waals surface area contributed by atoms with Crippen molar-refractivity contribution < 1.29 is 23.1 Å². The number of halogens is 1. The predicted octanol–water partition coefficient (Wildman–Crippen LogP) is 0.762. The van der Waals surface area contributed by atoms with Crippen LogP contribution in [0.15, 0.2) is 23.1 Å². The van der Waals surface area contributed by atoms with Gasteiger partial charge in [0.25, 0.3) is 0 Å². The number of hydrogen-bond donors (Lipinski definition) is 2. The van der Waals surface area contributed by atoms with E-state index in [9.17, 15) is 13.2 Å². The van der Waals surface area contributed by atoms with Crippen LogP contribution in [0.4, 0.5) is 0 Å². The van der Waals surface area contributed by atoms with E-state index < -0.39 is 28.6 Å². The van der Waals surface area contributed by atoms with E-state index >= 15 is 0 Å². The largest absolute Gasteiger partial charge is 0.468 e. The van der Waals surface area contributed by atoms with E-state index in [1.165, 1.54) is 18.2 Å². The van der Waals surface area contributed by atoms with Gasteiger partial charge in [-0.05, 0) is 18.2 Å². The summed E-state index contributed by atoms with van der Waals surface area (Å²) in [7, 11) is -2.88. The molecule has 0 aliphatic carbocycles. The molecule has 114 valence electrons. The van der Waals surface area contributed by atoms with Gasteiger partial charge >= 0.3 is 5.97 Å². The number of methoxy groups -OCH3 is 1. The molecule has 1 atom stereocenters. The summed E-state index contributed by atoms with van der Waals surface area (Å²) >= 11 is 6.90. The van der Waals surface area contributed by atoms with E-state index in [2.05, 4.69) is 14.4 Å². The van der Waals surface area contributed by atoms with Crippen molar-refractivity contribution in [3.05, 3.63) is 22.7 Å². The molecule has 0 saturated heterocycles. The van der Waals surface area contributed by atoms with E-state index in [4.69, 9.17) is 16.7 Å². The molecule has 0 saturated carbocycles. The zero-order chi connectivity index (χ0) is 15.6. The first-order valence-corrected chi connectivity index (χ1v) is 8.32. The van der Waals surface area contributed by atoms with Crippen LogP contribution in [0.1, 0.15) is 0 Å². The fourth-order valence-electron chi connectivity index (χ4n) is 1.60. The zero-order valence-electron chi connectivity index (χ0n) is 10.7. The van der Waals surface area contributed by atoms with Crippen molar-refractivity contribution in [2.45, 2.75) is 10.9 Å². The lowest BCUT2D eigenvalue weighted by Gasteiger charge is -2.14. The Morgan fingerprint density at radius 2 is 2.29 bits per heavy atom. The van der Waals surface area contributed by atoms with Crippen molar-refractivity contribution in [1.29, 1.82) is 0 Å². The lowest BCUT2D eigenvalue weighted by molar-refractivity contribution is -0.143. The van der Waals surface area contributed by atoms with Gasteiger partial charge in [0.15, 0.2) is 4.47 Å². The fraction of sp³-hybridized carbons (Fsp3) is 0.273. The average molecular weight is 351 g/mol. The fourth-order valence-corrected chi connectivity index (χ4v) is 3.95. The van der Waals surface area contributed by atoms with Crippen LogP contribution in [0.2, 0.25) is 4.47 Å². The molecule has 0 unspecified atom stereocenters. The molecule has 0 bridgehead atoms. The number of rotatable bonds is 5. The Bertz CT molecular complexity index is 774. The van der Waals surface area contributed by atoms with Gasteiger partial charge in [-0.1, -0.05) is 11.6 Å². The number of aliphatic hydroxyl groups is 1. The summed E-state index contributed by atoms with van der Waals surface area (Å²) in [6.45, 7) is -0.708. The highest BCUT2D eigenvalue weighted by Gasteiger charge is 2.26. The minimum absolute atomic E-state index is 0.0577. The van der Waals surface area contributed by atoms with E-state index in [1.54, 1.807) is 0 Å². The standard InChI is InChI=1S/C11H11ClN2O5S2/c1-19-10(16)8(5-15)14-21(17,18)6-2-3-7-9(4-6)20-11(12)13-7/h2-4,8,14-15H,5H2,1H3/t8-/m0/s1. The number of esters is 1. The SMILES string of the molecule is COC(=O)[C@H](CO)NS(=O)(=O)c1ccc2nc(Cl)sc2c1. The number of carbonyl (C=O) groups is 1. The monoisotopic (exact) mass is 350 g/mol. The molecule has 2 aromatic rings. The molecule has 0 spiro atoms. The highest BCUT2D eigenvalue weighted by molar-refractivity contribution is 7.89. The van der Waals surface area contributed by atoms with E-state index in [1.807, 2.05) is 0 Å². The van der Waals surface area contributed by atoms with Crippen molar-refractivity contribution in [2.24, 2.45) is 0 Å². The third kappa shape index (κ3) is 3.50. The molecule has 2 N–H and O–H groups in total. The first-order valence-electron chi connectivity index (χ1n) is 5.64. The molecule has 0 radical (unpaired) electrons. The second-order valence-corrected chi connectivity index (χ2v) is 7.30. The molecule has 21 heavy (non-hydrogen) atoms. The van der Waals surface area contributed by atoms with Crippen LogP contribution in [0, 0.1) is 0 Å². The maximum atomic E-state index is 12.2. The van der Waals surface area contributed by atoms with Crippen molar-refractivity contribution in [2.75, 3.05) is 13.7 Å². The maximum Gasteiger partial charge on any atom is 0.326 e. The molecule has 0 fully saturated rings. The van der Waals surface area contributed by atoms with Gasteiger partial charge in [-0.25, -0.2) is 13.4 Å². The molecule has 10 heteroatoms. The van der Waals surface area contributed by atoms with Crippen molar-refractivity contribution >= 4 is 49.1 Å². The molecule has 1 aromatic carbocycles. The second-order valence-electron chi connectivity index (χ2n) is 3.98. The summed E-state index contributed by atoms with van der Waals surface area (Å²) < 4.78 is 31.8. The van der Waals surface area contributed by atoms with E-state index in [0.29, 0.717) is 14.7 Å². The Balaban J connectivity index is 2.34. The lowest BCUT2D eigenvalue weighted by atomic mass is 10.3. The summed E-state index contributed by atoms with van der Waals surface area (Å²) in [6.07, 6.45) is 0. The van der Waals surface area contributed by atoms with Crippen molar-refractivity contribution in [1.82, 2.24) is 9.71 Å². The summed E-state index contributed by atoms with van der Waals surface area (Å²) in [5.74, 6) is -0.872. The Labute approximate surface area is 129 Å². The van der Waals surface area contributed by atoms with Gasteiger partial charge in [0.2, 0.25) is 10.0 Å². The summed E-state index contributed by atoms with van der Waals surface area (Å²) in [5.41, 5.74) is 0.579. The molecular formula is C11H11ClN2O5S2. The number of nitrogens with one attached hydrogen (secondary N) is 1. The van der Waals surface area contributed by atoms with Crippen LogP contribution >= 0.6 is 22.9 Å². The Kier molecular flexibility index (Phi) is 4.79. The zero-order valence-corrected chi connectivity index (χ0v) is 13.1. The van der Waals surface area contributed by atoms with Gasteiger partial charge < -0.3 is 9.84 Å². The molecule has 0 amide bonds. The summed E-state index contributed by atoms with van der Waals surface area (Å²) in [4.78, 5) is 15.3. The van der Waals surface area contributed by atoms with Gasteiger partial charge in [0.05, 0.1) is 28.8 Å². The maximum absolute atomic E-state index is 12.2. The number of ether oxygens (including phenoxy) is 1. The normalized spacial score (nSPS) is 13.3.